The van der Waals surface area contributed by atoms with E-state index in [4.69, 9.17) is 10.5 Å². The van der Waals surface area contributed by atoms with Gasteiger partial charge >= 0.3 is 6.09 Å². The number of nitrogens with two attached hydrogens (primary N) is 1. The molecule has 0 spiro atoms. The van der Waals surface area contributed by atoms with Crippen LogP contribution in [0.2, 0.25) is 0 Å². The average molecular weight is 416 g/mol. The number of ether oxygens (including phenoxy) is 1. The molecular formula is C22H29N3O3S. The first-order valence-corrected chi connectivity index (χ1v) is 10.5. The van der Waals surface area contributed by atoms with Crippen LogP contribution >= 0.6 is 11.8 Å². The van der Waals surface area contributed by atoms with E-state index >= 15 is 0 Å². The maximum Gasteiger partial charge on any atom is 0.412 e. The fraction of sp³-hybridized carbons (Fsp3) is 0.364. The van der Waals surface area contributed by atoms with Crippen LogP contribution < -0.4 is 16.4 Å². The number of amides is 2. The summed E-state index contributed by atoms with van der Waals surface area (Å²) < 4.78 is 5.22. The molecule has 0 saturated heterocycles. The highest BCUT2D eigenvalue weighted by molar-refractivity contribution is 8.00. The van der Waals surface area contributed by atoms with Crippen molar-refractivity contribution in [1.82, 2.24) is 5.32 Å². The third-order valence-electron chi connectivity index (χ3n) is 3.81. The topological polar surface area (TPSA) is 93.4 Å². The van der Waals surface area contributed by atoms with E-state index in [2.05, 4.69) is 10.6 Å². The van der Waals surface area contributed by atoms with Crippen molar-refractivity contribution in [3.63, 3.8) is 0 Å². The van der Waals surface area contributed by atoms with Crippen molar-refractivity contribution in [3.8, 4) is 0 Å². The van der Waals surface area contributed by atoms with E-state index in [1.165, 1.54) is 17.3 Å². The number of nitrogen functional groups attached to an aromatic ring is 1. The highest BCUT2D eigenvalue weighted by Crippen LogP contribution is 2.20. The molecule has 0 heterocycles. The van der Waals surface area contributed by atoms with Gasteiger partial charge in [-0.3, -0.25) is 10.1 Å². The summed E-state index contributed by atoms with van der Waals surface area (Å²) in [5.74, 6) is 0.351. The maximum atomic E-state index is 12.0. The number of hydrogen-bond acceptors (Lipinski definition) is 5. The lowest BCUT2D eigenvalue weighted by molar-refractivity contribution is -0.118. The first kappa shape index (κ1) is 22.6. The molecule has 0 fully saturated rings. The summed E-state index contributed by atoms with van der Waals surface area (Å²) in [5, 5.41) is 5.62. The number of thioether (sulfide) groups is 1. The van der Waals surface area contributed by atoms with Crippen molar-refractivity contribution in [1.29, 1.82) is 0 Å². The van der Waals surface area contributed by atoms with E-state index in [-0.39, 0.29) is 5.91 Å². The van der Waals surface area contributed by atoms with E-state index in [1.807, 2.05) is 57.2 Å². The van der Waals surface area contributed by atoms with E-state index in [9.17, 15) is 9.59 Å². The van der Waals surface area contributed by atoms with Crippen LogP contribution in [0, 0.1) is 0 Å². The van der Waals surface area contributed by atoms with Crippen molar-refractivity contribution < 1.29 is 14.3 Å². The number of carbonyl (C=O) groups excluding carboxylic acids is 2. The summed E-state index contributed by atoms with van der Waals surface area (Å²) >= 11 is 1.45. The number of anilines is 2. The molecule has 29 heavy (non-hydrogen) atoms. The van der Waals surface area contributed by atoms with Crippen LogP contribution in [-0.4, -0.2) is 29.9 Å². The highest BCUT2D eigenvalue weighted by atomic mass is 32.2. The number of rotatable bonds is 8. The van der Waals surface area contributed by atoms with E-state index in [0.717, 1.165) is 23.4 Å². The Bertz CT molecular complexity index is 800. The number of aryl methyl sites for hydroxylation is 1. The summed E-state index contributed by atoms with van der Waals surface area (Å²) in [7, 11) is 0. The maximum absolute atomic E-state index is 12.0. The van der Waals surface area contributed by atoms with Crippen LogP contribution in [0.5, 0.6) is 0 Å². The predicted molar refractivity (Wildman–Crippen MR) is 119 cm³/mol. The summed E-state index contributed by atoms with van der Waals surface area (Å²) in [4.78, 5) is 24.7. The van der Waals surface area contributed by atoms with E-state index < -0.39 is 11.7 Å². The molecule has 0 bridgehead atoms. The van der Waals surface area contributed by atoms with Gasteiger partial charge in [-0.2, -0.15) is 0 Å². The van der Waals surface area contributed by atoms with Crippen LogP contribution in [0.1, 0.15) is 32.8 Å². The lowest BCUT2D eigenvalue weighted by Gasteiger charge is -2.19. The Kier molecular flexibility index (Phi) is 8.39. The van der Waals surface area contributed by atoms with Gasteiger partial charge in [0.15, 0.2) is 0 Å². The normalized spacial score (nSPS) is 11.0. The number of nitrogens with one attached hydrogen (secondary N) is 2. The van der Waals surface area contributed by atoms with Gasteiger partial charge in [0.2, 0.25) is 5.91 Å². The zero-order valence-electron chi connectivity index (χ0n) is 17.2. The van der Waals surface area contributed by atoms with Crippen LogP contribution in [0.3, 0.4) is 0 Å². The first-order valence-electron chi connectivity index (χ1n) is 9.55. The summed E-state index contributed by atoms with van der Waals surface area (Å²) in [6.07, 6.45) is 1.29. The quantitative estimate of drug-likeness (QED) is 0.336. The molecule has 4 N–H and O–H groups in total. The largest absolute Gasteiger partial charge is 0.444 e. The standard InChI is InChI=1S/C22H29N3O3S/c1-22(2,3)28-21(27)25-18-10-12-19(13-11-18)29-15-20(26)24-14-4-5-16-6-8-17(23)9-7-16/h6-13H,4-5,14-15,23H2,1-3H3,(H,24,26)(H,25,27). The first-order chi connectivity index (χ1) is 13.7. The van der Waals surface area contributed by atoms with Crippen LogP contribution in [0.4, 0.5) is 16.2 Å². The molecule has 156 valence electrons. The zero-order chi connectivity index (χ0) is 21.3. The molecule has 2 aromatic rings. The van der Waals surface area contributed by atoms with Crippen LogP contribution in [0.25, 0.3) is 0 Å². The smallest absolute Gasteiger partial charge is 0.412 e. The Labute approximate surface area is 176 Å². The molecule has 7 heteroatoms. The van der Waals surface area contributed by atoms with E-state index in [0.29, 0.717) is 18.0 Å². The van der Waals surface area contributed by atoms with Crippen molar-refractivity contribution >= 4 is 35.1 Å². The Morgan fingerprint density at radius 2 is 1.69 bits per heavy atom. The second kappa shape index (κ2) is 10.8. The molecule has 0 aliphatic carbocycles. The van der Waals surface area contributed by atoms with Crippen molar-refractivity contribution in [2.24, 2.45) is 0 Å². The van der Waals surface area contributed by atoms with Crippen LogP contribution in [0.15, 0.2) is 53.4 Å². The van der Waals surface area contributed by atoms with Crippen LogP contribution in [-0.2, 0) is 16.0 Å². The Balaban J connectivity index is 1.65. The van der Waals surface area contributed by atoms with Gasteiger partial charge in [-0.15, -0.1) is 11.8 Å². The van der Waals surface area contributed by atoms with Gasteiger partial charge in [0.25, 0.3) is 0 Å². The van der Waals surface area contributed by atoms with Crippen molar-refractivity contribution in [3.05, 3.63) is 54.1 Å². The molecule has 0 radical (unpaired) electrons. The second-order valence-corrected chi connectivity index (χ2v) is 8.68. The molecule has 2 amide bonds. The van der Waals surface area contributed by atoms with Gasteiger partial charge < -0.3 is 15.8 Å². The van der Waals surface area contributed by atoms with Gasteiger partial charge in [-0.25, -0.2) is 4.79 Å². The minimum Gasteiger partial charge on any atom is -0.444 e. The number of hydrogen-bond donors (Lipinski definition) is 3. The third-order valence-corrected chi connectivity index (χ3v) is 4.83. The zero-order valence-corrected chi connectivity index (χ0v) is 18.0. The lowest BCUT2D eigenvalue weighted by Crippen LogP contribution is -2.27. The molecule has 2 aromatic carbocycles. The Morgan fingerprint density at radius 3 is 2.31 bits per heavy atom. The molecule has 6 nitrogen and oxygen atoms in total. The van der Waals surface area contributed by atoms with Gasteiger partial charge in [0, 0.05) is 22.8 Å². The Morgan fingerprint density at radius 1 is 1.03 bits per heavy atom. The summed E-state index contributed by atoms with van der Waals surface area (Å²) in [6, 6.07) is 15.1. The van der Waals surface area contributed by atoms with Crippen molar-refractivity contribution in [2.45, 2.75) is 44.1 Å². The highest BCUT2D eigenvalue weighted by Gasteiger charge is 2.16. The molecule has 0 aromatic heterocycles. The third kappa shape index (κ3) is 9.38. The van der Waals surface area contributed by atoms with Gasteiger partial charge in [0.1, 0.15) is 5.60 Å². The second-order valence-electron chi connectivity index (χ2n) is 7.64. The minimum atomic E-state index is -0.539. The molecule has 0 unspecified atom stereocenters. The molecule has 0 aliphatic heterocycles. The van der Waals surface area contributed by atoms with Gasteiger partial charge in [0.05, 0.1) is 5.75 Å². The Hall–Kier alpha value is -2.67. The molecule has 0 atom stereocenters. The van der Waals surface area contributed by atoms with Crippen molar-refractivity contribution in [2.75, 3.05) is 23.3 Å². The fourth-order valence-electron chi connectivity index (χ4n) is 2.46. The van der Waals surface area contributed by atoms with Gasteiger partial charge in [-0.05, 0) is 75.6 Å². The minimum absolute atomic E-state index is 0.00302. The molecule has 0 aliphatic rings. The predicted octanol–water partition coefficient (Wildman–Crippen LogP) is 4.46. The number of carbonyl (C=O) groups is 2. The average Bonchev–Trinajstić information content (AvgIpc) is 2.64. The van der Waals surface area contributed by atoms with Gasteiger partial charge in [-0.1, -0.05) is 12.1 Å². The SMILES string of the molecule is CC(C)(C)OC(=O)Nc1ccc(SCC(=O)NCCCc2ccc(N)cc2)cc1. The number of benzene rings is 2. The van der Waals surface area contributed by atoms with E-state index in [1.54, 1.807) is 12.1 Å². The lowest BCUT2D eigenvalue weighted by atomic mass is 10.1. The summed E-state index contributed by atoms with van der Waals surface area (Å²) in [5.41, 5.74) is 7.75. The molecule has 0 saturated carbocycles. The molecule has 2 rings (SSSR count). The summed E-state index contributed by atoms with van der Waals surface area (Å²) in [6.45, 7) is 6.09. The fourth-order valence-corrected chi connectivity index (χ4v) is 3.19. The monoisotopic (exact) mass is 415 g/mol. The molecular weight excluding hydrogens is 386 g/mol.